The van der Waals surface area contributed by atoms with E-state index in [1.807, 2.05) is 0 Å². The van der Waals surface area contributed by atoms with Gasteiger partial charge < -0.3 is 4.57 Å². The van der Waals surface area contributed by atoms with Crippen molar-refractivity contribution in [1.29, 1.82) is 0 Å². The molecule has 284 valence electrons. The molecule has 1 heteroatoms. The zero-order valence-electron chi connectivity index (χ0n) is 33.5. The Morgan fingerprint density at radius 3 is 1.54 bits per heavy atom. The van der Waals surface area contributed by atoms with E-state index in [0.29, 0.717) is 0 Å². The van der Waals surface area contributed by atoms with Crippen LogP contribution >= 0.6 is 0 Å². The van der Waals surface area contributed by atoms with Gasteiger partial charge in [-0.15, -0.1) is 0 Å². The van der Waals surface area contributed by atoms with Crippen LogP contribution in [0.4, 0.5) is 0 Å². The Balaban J connectivity index is 0.951. The van der Waals surface area contributed by atoms with E-state index in [9.17, 15) is 0 Å². The number of aromatic nitrogens is 1. The van der Waals surface area contributed by atoms with Crippen molar-refractivity contribution in [3.05, 3.63) is 236 Å². The highest BCUT2D eigenvalue weighted by molar-refractivity contribution is 6.22. The monoisotopic (exact) mass is 773 g/mol. The lowest BCUT2D eigenvalue weighted by atomic mass is 9.85. The maximum atomic E-state index is 2.41. The molecule has 1 aromatic heterocycles. The van der Waals surface area contributed by atoms with E-state index in [2.05, 4.69) is 241 Å². The molecule has 1 nitrogen and oxygen atoms in total. The highest BCUT2D eigenvalue weighted by Crippen LogP contribution is 2.45. The van der Waals surface area contributed by atoms with Gasteiger partial charge in [-0.2, -0.15) is 0 Å². The fourth-order valence-corrected chi connectivity index (χ4v) is 9.84. The standard InChI is InChI=1S/C60H39N/c1-2-17-45(18-3-1)61-57-28-13-12-22-51(57)52-38-36-44(39-58(52)61)60-55-25-10-8-23-53(55)59(54-24-9-11-26-56(54)60)43-33-30-40(31-34-43)29-32-42-35-37-50(48-21-7-6-20-47(42)48)49-27-14-16-41-15-4-5-19-46(41)49/h1-39H. The smallest absolute Gasteiger partial charge is 0.0547 e. The van der Waals surface area contributed by atoms with E-state index < -0.39 is 0 Å². The zero-order valence-corrected chi connectivity index (χ0v) is 33.5. The average Bonchev–Trinajstić information content (AvgIpc) is 3.66. The van der Waals surface area contributed by atoms with Crippen LogP contribution in [0.1, 0.15) is 11.1 Å². The molecule has 1 heterocycles. The lowest BCUT2D eigenvalue weighted by molar-refractivity contribution is 1.18. The Hall–Kier alpha value is -8.00. The SMILES string of the molecule is C(=Cc1ccc(-c2cccc3ccccc23)c2ccccc12)c1ccc(-c2c3ccccc3c(-c3ccc4c5ccccc5n(-c5ccccc5)c4c3)c3ccccc23)cc1. The zero-order chi connectivity index (χ0) is 40.3. The Bertz CT molecular complexity index is 3620. The second-order valence-corrected chi connectivity index (χ2v) is 16.0. The number of hydrogen-bond acceptors (Lipinski definition) is 0. The molecule has 0 aliphatic heterocycles. The minimum atomic E-state index is 1.16. The molecule has 0 aliphatic carbocycles. The molecule has 0 N–H and O–H groups in total. The van der Waals surface area contributed by atoms with E-state index in [-0.39, 0.29) is 0 Å². The summed E-state index contributed by atoms with van der Waals surface area (Å²) in [6.45, 7) is 0. The van der Waals surface area contributed by atoms with Crippen LogP contribution in [0.25, 0.3) is 116 Å². The Morgan fingerprint density at radius 2 is 0.820 bits per heavy atom. The summed E-state index contributed by atoms with van der Waals surface area (Å²) in [6.07, 6.45) is 4.51. The van der Waals surface area contributed by atoms with Gasteiger partial charge in [0.1, 0.15) is 0 Å². The molecule has 0 atom stereocenters. The van der Waals surface area contributed by atoms with Crippen LogP contribution in [-0.4, -0.2) is 4.57 Å². The molecule has 0 saturated carbocycles. The summed E-state index contributed by atoms with van der Waals surface area (Å²) in [5.74, 6) is 0. The van der Waals surface area contributed by atoms with Crippen LogP contribution in [0.5, 0.6) is 0 Å². The molecule has 61 heavy (non-hydrogen) atoms. The van der Waals surface area contributed by atoms with E-state index in [0.717, 1.165) is 5.69 Å². The number of rotatable bonds is 6. The molecule has 0 saturated heterocycles. The lowest BCUT2D eigenvalue weighted by Crippen LogP contribution is -1.94. The minimum absolute atomic E-state index is 1.16. The first-order valence-electron chi connectivity index (χ1n) is 21.1. The van der Waals surface area contributed by atoms with Gasteiger partial charge in [0.15, 0.2) is 0 Å². The minimum Gasteiger partial charge on any atom is -0.309 e. The third-order valence-corrected chi connectivity index (χ3v) is 12.6. The first kappa shape index (κ1) is 35.0. The van der Waals surface area contributed by atoms with Crippen LogP contribution in [0.2, 0.25) is 0 Å². The van der Waals surface area contributed by atoms with Crippen molar-refractivity contribution in [3.8, 4) is 39.1 Å². The molecule has 0 radical (unpaired) electrons. The maximum absolute atomic E-state index is 2.41. The lowest BCUT2D eigenvalue weighted by Gasteiger charge is -2.18. The topological polar surface area (TPSA) is 4.93 Å². The summed E-state index contributed by atoms with van der Waals surface area (Å²) < 4.78 is 2.41. The van der Waals surface area contributed by atoms with Gasteiger partial charge in [-0.3, -0.25) is 0 Å². The van der Waals surface area contributed by atoms with Crippen molar-refractivity contribution < 1.29 is 0 Å². The van der Waals surface area contributed by atoms with Crippen molar-refractivity contribution in [3.63, 3.8) is 0 Å². The molecular formula is C60H39N. The average molecular weight is 774 g/mol. The normalized spacial score (nSPS) is 11.9. The second-order valence-electron chi connectivity index (χ2n) is 16.0. The first-order valence-corrected chi connectivity index (χ1v) is 21.1. The van der Waals surface area contributed by atoms with Crippen LogP contribution in [-0.2, 0) is 0 Å². The Morgan fingerprint density at radius 1 is 0.295 bits per heavy atom. The second kappa shape index (κ2) is 14.4. The number of hydrogen-bond donors (Lipinski definition) is 0. The molecule has 12 rings (SSSR count). The molecule has 0 spiro atoms. The number of nitrogens with zero attached hydrogens (tertiary/aromatic N) is 1. The van der Waals surface area contributed by atoms with Crippen molar-refractivity contribution >= 4 is 77.0 Å². The number of fused-ring (bicyclic) bond motifs is 7. The molecule has 0 fully saturated rings. The molecule has 12 aromatic rings. The van der Waals surface area contributed by atoms with Gasteiger partial charge in [-0.05, 0) is 112 Å². The Labute approximate surface area is 354 Å². The van der Waals surface area contributed by atoms with Gasteiger partial charge in [-0.1, -0.05) is 212 Å². The Kier molecular flexibility index (Phi) is 8.25. The fraction of sp³-hybridized carbons (Fsp3) is 0. The summed E-state index contributed by atoms with van der Waals surface area (Å²) >= 11 is 0. The van der Waals surface area contributed by atoms with E-state index >= 15 is 0 Å². The third kappa shape index (κ3) is 5.78. The van der Waals surface area contributed by atoms with Crippen molar-refractivity contribution in [2.24, 2.45) is 0 Å². The van der Waals surface area contributed by atoms with Crippen LogP contribution < -0.4 is 0 Å². The van der Waals surface area contributed by atoms with Crippen LogP contribution in [0.3, 0.4) is 0 Å². The molecule has 11 aromatic carbocycles. The van der Waals surface area contributed by atoms with E-state index in [4.69, 9.17) is 0 Å². The van der Waals surface area contributed by atoms with Crippen molar-refractivity contribution in [2.45, 2.75) is 0 Å². The largest absolute Gasteiger partial charge is 0.309 e. The highest BCUT2D eigenvalue weighted by Gasteiger charge is 2.19. The van der Waals surface area contributed by atoms with Gasteiger partial charge in [0.25, 0.3) is 0 Å². The van der Waals surface area contributed by atoms with Gasteiger partial charge in [0, 0.05) is 16.5 Å². The van der Waals surface area contributed by atoms with Crippen LogP contribution in [0.15, 0.2) is 224 Å². The molecule has 0 amide bonds. The van der Waals surface area contributed by atoms with Crippen molar-refractivity contribution in [2.75, 3.05) is 0 Å². The van der Waals surface area contributed by atoms with Gasteiger partial charge in [0.2, 0.25) is 0 Å². The summed E-state index contributed by atoms with van der Waals surface area (Å²) in [5.41, 5.74) is 13.4. The maximum Gasteiger partial charge on any atom is 0.0547 e. The quantitative estimate of drug-likeness (QED) is 0.117. The van der Waals surface area contributed by atoms with Gasteiger partial charge in [0.05, 0.1) is 11.0 Å². The number of benzene rings is 11. The summed E-state index contributed by atoms with van der Waals surface area (Å²) in [6, 6.07) is 82.1. The predicted octanol–water partition coefficient (Wildman–Crippen LogP) is 16.6. The summed E-state index contributed by atoms with van der Waals surface area (Å²) in [7, 11) is 0. The molecule has 0 aliphatic rings. The predicted molar refractivity (Wildman–Crippen MR) is 262 cm³/mol. The van der Waals surface area contributed by atoms with Crippen molar-refractivity contribution in [1.82, 2.24) is 4.57 Å². The third-order valence-electron chi connectivity index (χ3n) is 12.6. The molecule has 0 unspecified atom stereocenters. The summed E-state index contributed by atoms with van der Waals surface area (Å²) in [5, 5.41) is 12.6. The van der Waals surface area contributed by atoms with Gasteiger partial charge in [-0.25, -0.2) is 0 Å². The number of para-hydroxylation sites is 2. The summed E-state index contributed by atoms with van der Waals surface area (Å²) in [4.78, 5) is 0. The molecule has 0 bridgehead atoms. The fourth-order valence-electron chi connectivity index (χ4n) is 9.84. The van der Waals surface area contributed by atoms with Gasteiger partial charge >= 0.3 is 0 Å². The van der Waals surface area contributed by atoms with Crippen LogP contribution in [0, 0.1) is 0 Å². The first-order chi connectivity index (χ1) is 30.3. The highest BCUT2D eigenvalue weighted by atomic mass is 15.0. The molecular weight excluding hydrogens is 735 g/mol. The van der Waals surface area contributed by atoms with E-state index in [1.165, 1.54) is 109 Å². The van der Waals surface area contributed by atoms with E-state index in [1.54, 1.807) is 0 Å².